The van der Waals surface area contributed by atoms with Crippen LogP contribution in [0, 0.1) is 0 Å². The summed E-state index contributed by atoms with van der Waals surface area (Å²) in [5, 5.41) is 4.43. The molecule has 2 unspecified atom stereocenters. The lowest BCUT2D eigenvalue weighted by Crippen LogP contribution is -2.53. The smallest absolute Gasteiger partial charge is 0.282 e. The molecule has 0 saturated carbocycles. The van der Waals surface area contributed by atoms with Gasteiger partial charge in [-0.05, 0) is 44.0 Å². The Hall–Kier alpha value is -2.59. The Balaban J connectivity index is 1.37. The number of fused-ring (bicyclic) bond motifs is 2. The molecule has 9 heteroatoms. The molecule has 0 radical (unpaired) electrons. The van der Waals surface area contributed by atoms with Gasteiger partial charge in [0.15, 0.2) is 0 Å². The molecular weight excluding hydrogens is 426 g/mol. The third-order valence-corrected chi connectivity index (χ3v) is 7.92. The number of hydrogen-bond donors (Lipinski definition) is 1. The Morgan fingerprint density at radius 2 is 1.84 bits per heavy atom. The zero-order chi connectivity index (χ0) is 22.3. The predicted octanol–water partition coefficient (Wildman–Crippen LogP) is 3.09. The maximum Gasteiger partial charge on any atom is 0.282 e. The van der Waals surface area contributed by atoms with Crippen molar-refractivity contribution in [3.8, 4) is 0 Å². The zero-order valence-corrected chi connectivity index (χ0v) is 19.0. The van der Waals surface area contributed by atoms with Crippen LogP contribution in [0.4, 0.5) is 11.5 Å². The molecule has 1 N–H and O–H groups in total. The third-order valence-electron chi connectivity index (χ3n) is 6.00. The van der Waals surface area contributed by atoms with E-state index in [1.54, 1.807) is 21.0 Å². The average molecular weight is 454 g/mol. The van der Waals surface area contributed by atoms with Crippen molar-refractivity contribution in [3.63, 3.8) is 0 Å². The Kier molecular flexibility index (Phi) is 5.58. The third kappa shape index (κ3) is 4.09. The van der Waals surface area contributed by atoms with Gasteiger partial charge >= 0.3 is 0 Å². The van der Waals surface area contributed by atoms with Gasteiger partial charge in [-0.15, -0.1) is 0 Å². The number of benzene rings is 1. The minimum Gasteiger partial charge on any atom is -0.373 e. The van der Waals surface area contributed by atoms with E-state index in [4.69, 9.17) is 4.74 Å². The second-order valence-corrected chi connectivity index (χ2v) is 10.4. The lowest BCUT2D eigenvalue weighted by Gasteiger charge is -2.38. The van der Waals surface area contributed by atoms with E-state index in [0.717, 1.165) is 33.5 Å². The SMILES string of the molecule is CC1CN(S(=O)(=O)N2CCc3c(ccnc3Nc3cnc4ccccc4c3)C2)CC(C)O1. The number of pyridine rings is 2. The van der Waals surface area contributed by atoms with E-state index in [2.05, 4.69) is 15.3 Å². The predicted molar refractivity (Wildman–Crippen MR) is 124 cm³/mol. The summed E-state index contributed by atoms with van der Waals surface area (Å²) >= 11 is 0. The Morgan fingerprint density at radius 3 is 2.66 bits per heavy atom. The summed E-state index contributed by atoms with van der Waals surface area (Å²) in [6.45, 7) is 5.35. The number of rotatable bonds is 4. The van der Waals surface area contributed by atoms with Crippen LogP contribution in [-0.4, -0.2) is 58.8 Å². The van der Waals surface area contributed by atoms with Gasteiger partial charge in [0.25, 0.3) is 10.2 Å². The van der Waals surface area contributed by atoms with E-state index in [1.165, 1.54) is 0 Å². The van der Waals surface area contributed by atoms with Crippen molar-refractivity contribution in [2.24, 2.45) is 0 Å². The van der Waals surface area contributed by atoms with Gasteiger partial charge in [0.05, 0.1) is 29.6 Å². The number of para-hydroxylation sites is 1. The molecule has 1 aromatic carbocycles. The van der Waals surface area contributed by atoms with E-state index in [-0.39, 0.29) is 12.2 Å². The molecule has 1 fully saturated rings. The zero-order valence-electron chi connectivity index (χ0n) is 18.2. The van der Waals surface area contributed by atoms with Crippen LogP contribution < -0.4 is 5.32 Å². The second kappa shape index (κ2) is 8.40. The first-order chi connectivity index (χ1) is 15.4. The fraction of sp³-hybridized carbons (Fsp3) is 0.391. The van der Waals surface area contributed by atoms with E-state index in [9.17, 15) is 8.42 Å². The molecule has 2 aromatic heterocycles. The van der Waals surface area contributed by atoms with Gasteiger partial charge in [-0.2, -0.15) is 17.0 Å². The Morgan fingerprint density at radius 1 is 1.06 bits per heavy atom. The van der Waals surface area contributed by atoms with Crippen molar-refractivity contribution in [1.29, 1.82) is 0 Å². The number of nitrogens with one attached hydrogen (secondary N) is 1. The van der Waals surface area contributed by atoms with Crippen LogP contribution in [0.25, 0.3) is 10.9 Å². The number of nitrogens with zero attached hydrogens (tertiary/aromatic N) is 4. The number of anilines is 2. The molecule has 2 atom stereocenters. The van der Waals surface area contributed by atoms with Crippen LogP contribution in [0.15, 0.2) is 48.8 Å². The molecule has 0 aliphatic carbocycles. The molecule has 0 amide bonds. The summed E-state index contributed by atoms with van der Waals surface area (Å²) in [6, 6.07) is 11.9. The molecule has 3 aromatic rings. The molecule has 8 nitrogen and oxygen atoms in total. The highest BCUT2D eigenvalue weighted by atomic mass is 32.2. The maximum atomic E-state index is 13.3. The van der Waals surface area contributed by atoms with E-state index in [0.29, 0.717) is 32.6 Å². The van der Waals surface area contributed by atoms with Gasteiger partial charge in [-0.3, -0.25) is 4.98 Å². The average Bonchev–Trinajstić information content (AvgIpc) is 2.78. The maximum absolute atomic E-state index is 13.3. The number of aromatic nitrogens is 2. The lowest BCUT2D eigenvalue weighted by molar-refractivity contribution is -0.0455. The highest BCUT2D eigenvalue weighted by Gasteiger charge is 2.37. The van der Waals surface area contributed by atoms with Gasteiger partial charge in [0, 0.05) is 43.3 Å². The van der Waals surface area contributed by atoms with Crippen LogP contribution in [0.3, 0.4) is 0 Å². The minimum absolute atomic E-state index is 0.110. The van der Waals surface area contributed by atoms with Crippen molar-refractivity contribution in [2.75, 3.05) is 25.0 Å². The van der Waals surface area contributed by atoms with Crippen LogP contribution in [-0.2, 0) is 27.9 Å². The summed E-state index contributed by atoms with van der Waals surface area (Å²) in [4.78, 5) is 9.03. The first-order valence-corrected chi connectivity index (χ1v) is 12.3. The van der Waals surface area contributed by atoms with E-state index in [1.807, 2.05) is 50.2 Å². The normalized spacial score (nSPS) is 22.6. The monoisotopic (exact) mass is 453 g/mol. The van der Waals surface area contributed by atoms with Crippen LogP contribution >= 0.6 is 0 Å². The van der Waals surface area contributed by atoms with Crippen molar-refractivity contribution >= 4 is 32.6 Å². The van der Waals surface area contributed by atoms with Gasteiger partial charge in [-0.1, -0.05) is 18.2 Å². The summed E-state index contributed by atoms with van der Waals surface area (Å²) in [7, 11) is -3.55. The van der Waals surface area contributed by atoms with Crippen molar-refractivity contribution in [3.05, 3.63) is 59.9 Å². The fourth-order valence-corrected chi connectivity index (χ4v) is 6.28. The quantitative estimate of drug-likeness (QED) is 0.653. The first kappa shape index (κ1) is 21.3. The molecule has 2 aliphatic rings. The molecule has 0 bridgehead atoms. The Bertz CT molecular complexity index is 1240. The Labute approximate surface area is 188 Å². The van der Waals surface area contributed by atoms with Gasteiger partial charge in [0.1, 0.15) is 5.82 Å². The molecule has 1 saturated heterocycles. The minimum atomic E-state index is -3.55. The molecule has 168 valence electrons. The molecule has 4 heterocycles. The highest BCUT2D eigenvalue weighted by molar-refractivity contribution is 7.86. The largest absolute Gasteiger partial charge is 0.373 e. The lowest BCUT2D eigenvalue weighted by atomic mass is 10.0. The topological polar surface area (TPSA) is 87.7 Å². The molecule has 32 heavy (non-hydrogen) atoms. The summed E-state index contributed by atoms with van der Waals surface area (Å²) in [5.41, 5.74) is 3.82. The summed E-state index contributed by atoms with van der Waals surface area (Å²) < 4.78 is 35.4. The van der Waals surface area contributed by atoms with Gasteiger partial charge in [-0.25, -0.2) is 4.98 Å². The number of ether oxygens (including phenoxy) is 1. The number of hydrogen-bond acceptors (Lipinski definition) is 6. The van der Waals surface area contributed by atoms with Gasteiger partial charge < -0.3 is 10.1 Å². The van der Waals surface area contributed by atoms with E-state index >= 15 is 0 Å². The van der Waals surface area contributed by atoms with E-state index < -0.39 is 10.2 Å². The summed E-state index contributed by atoms with van der Waals surface area (Å²) in [5.74, 6) is 0.755. The van der Waals surface area contributed by atoms with Crippen LogP contribution in [0.1, 0.15) is 25.0 Å². The first-order valence-electron chi connectivity index (χ1n) is 10.9. The fourth-order valence-electron chi connectivity index (χ4n) is 4.53. The molecule has 5 rings (SSSR count). The summed E-state index contributed by atoms with van der Waals surface area (Å²) in [6.07, 6.45) is 3.90. The number of morpholine rings is 1. The molecule has 0 spiro atoms. The van der Waals surface area contributed by atoms with Crippen LogP contribution in [0.2, 0.25) is 0 Å². The van der Waals surface area contributed by atoms with Crippen molar-refractivity contribution in [2.45, 2.75) is 39.0 Å². The van der Waals surface area contributed by atoms with Gasteiger partial charge in [0.2, 0.25) is 0 Å². The second-order valence-electron chi connectivity index (χ2n) is 8.50. The van der Waals surface area contributed by atoms with Crippen LogP contribution in [0.5, 0.6) is 0 Å². The van der Waals surface area contributed by atoms with Crippen molar-refractivity contribution < 1.29 is 13.2 Å². The standard InChI is InChI=1S/C23H27N5O3S/c1-16-13-28(14-17(2)31-16)32(29,30)27-10-8-21-19(15-27)7-9-24-23(21)26-20-11-18-5-3-4-6-22(18)25-12-20/h3-7,9,11-12,16-17H,8,10,13-15H2,1-2H3,(H,24,26). The molecular formula is C23H27N5O3S. The molecule has 2 aliphatic heterocycles. The highest BCUT2D eigenvalue weighted by Crippen LogP contribution is 2.30. The van der Waals surface area contributed by atoms with Crippen molar-refractivity contribution in [1.82, 2.24) is 18.6 Å².